The molecule has 8 nitrogen and oxygen atoms in total. The number of carbonyl (C=O) groups excluding carboxylic acids is 1. The molecule has 1 amide bonds. The topological polar surface area (TPSA) is 108 Å². The van der Waals surface area contributed by atoms with Gasteiger partial charge in [0.25, 0.3) is 5.91 Å². The van der Waals surface area contributed by atoms with Gasteiger partial charge in [0.05, 0.1) is 17.4 Å². The maximum absolute atomic E-state index is 13.5. The number of fused-ring (bicyclic) bond motifs is 1. The van der Waals surface area contributed by atoms with E-state index in [1.54, 1.807) is 15.6 Å². The summed E-state index contributed by atoms with van der Waals surface area (Å²) in [6.07, 6.45) is 5.25. The third-order valence-electron chi connectivity index (χ3n) is 6.36. The summed E-state index contributed by atoms with van der Waals surface area (Å²) in [5, 5.41) is 4.59. The summed E-state index contributed by atoms with van der Waals surface area (Å²) in [6.45, 7) is 4.18. The second-order valence-corrected chi connectivity index (χ2v) is 11.4. The third-order valence-corrected chi connectivity index (χ3v) is 9.00. The van der Waals surface area contributed by atoms with Gasteiger partial charge in [-0.1, -0.05) is 42.9 Å². The van der Waals surface area contributed by atoms with Crippen LogP contribution in [0.4, 0.5) is 0 Å². The minimum absolute atomic E-state index is 0.248. The lowest BCUT2D eigenvalue weighted by Crippen LogP contribution is -2.57. The molecule has 1 fully saturated rings. The maximum atomic E-state index is 13.5. The number of aromatic nitrogens is 3. The van der Waals surface area contributed by atoms with Crippen LogP contribution in [0, 0.1) is 0 Å². The van der Waals surface area contributed by atoms with Crippen molar-refractivity contribution in [1.82, 2.24) is 19.5 Å². The molecule has 0 bridgehead atoms. The van der Waals surface area contributed by atoms with Crippen molar-refractivity contribution in [2.75, 3.05) is 6.54 Å². The van der Waals surface area contributed by atoms with Crippen molar-refractivity contribution >= 4 is 42.0 Å². The molecule has 3 aromatic heterocycles. The summed E-state index contributed by atoms with van der Waals surface area (Å²) in [6, 6.07) is 5.68. The number of likely N-dealkylation sites (tertiary alicyclic amines) is 1. The lowest BCUT2D eigenvalue weighted by atomic mass is 9.81. The predicted octanol–water partition coefficient (Wildman–Crippen LogP) is 4.45. The summed E-state index contributed by atoms with van der Waals surface area (Å²) >= 11 is 7.61. The summed E-state index contributed by atoms with van der Waals surface area (Å²) in [7, 11) is -4.22. The van der Waals surface area contributed by atoms with Crippen LogP contribution in [-0.2, 0) is 4.57 Å². The van der Waals surface area contributed by atoms with Crippen molar-refractivity contribution in [3.63, 3.8) is 0 Å². The van der Waals surface area contributed by atoms with Crippen LogP contribution in [0.3, 0.4) is 0 Å². The molecule has 0 saturated carbocycles. The Morgan fingerprint density at radius 1 is 1.35 bits per heavy atom. The Morgan fingerprint density at radius 3 is 2.77 bits per heavy atom. The molecule has 11 heteroatoms. The average Bonchev–Trinajstić information content (AvgIpc) is 3.35. The molecule has 4 heterocycles. The van der Waals surface area contributed by atoms with E-state index in [9.17, 15) is 19.1 Å². The second kappa shape index (κ2) is 8.30. The monoisotopic (exact) mass is 482 g/mol. The molecule has 31 heavy (non-hydrogen) atoms. The Morgan fingerprint density at radius 2 is 2.10 bits per heavy atom. The van der Waals surface area contributed by atoms with Gasteiger partial charge in [-0.3, -0.25) is 9.36 Å². The van der Waals surface area contributed by atoms with Gasteiger partial charge in [0.2, 0.25) is 0 Å². The van der Waals surface area contributed by atoms with Gasteiger partial charge < -0.3 is 14.7 Å². The van der Waals surface area contributed by atoms with E-state index in [4.69, 9.17) is 11.6 Å². The first kappa shape index (κ1) is 22.4. The average molecular weight is 483 g/mol. The van der Waals surface area contributed by atoms with Crippen molar-refractivity contribution < 1.29 is 19.1 Å². The minimum Gasteiger partial charge on any atom is -0.331 e. The molecular formula is C20H24ClN4O4PS. The van der Waals surface area contributed by atoms with Crippen molar-refractivity contribution in [2.24, 2.45) is 0 Å². The number of rotatable bonds is 5. The highest BCUT2D eigenvalue weighted by Gasteiger charge is 2.47. The van der Waals surface area contributed by atoms with E-state index < -0.39 is 18.8 Å². The lowest BCUT2D eigenvalue weighted by molar-refractivity contribution is 0.0268. The summed E-state index contributed by atoms with van der Waals surface area (Å²) in [5.74, 6) is -0.248. The largest absolute Gasteiger partial charge is 0.331 e. The summed E-state index contributed by atoms with van der Waals surface area (Å²) < 4.78 is 14.0. The molecule has 1 aliphatic rings. The van der Waals surface area contributed by atoms with Crippen molar-refractivity contribution in [1.29, 1.82) is 0 Å². The highest BCUT2D eigenvalue weighted by molar-refractivity contribution is 7.52. The predicted molar refractivity (Wildman–Crippen MR) is 121 cm³/mol. The fourth-order valence-electron chi connectivity index (χ4n) is 4.48. The molecular weight excluding hydrogens is 459 g/mol. The minimum atomic E-state index is -4.22. The first-order valence-corrected chi connectivity index (χ1v) is 13.0. The van der Waals surface area contributed by atoms with E-state index in [2.05, 4.69) is 10.1 Å². The van der Waals surface area contributed by atoms with E-state index in [1.165, 1.54) is 0 Å². The van der Waals surface area contributed by atoms with Crippen molar-refractivity contribution in [2.45, 2.75) is 50.7 Å². The lowest BCUT2D eigenvalue weighted by Gasteiger charge is -2.49. The van der Waals surface area contributed by atoms with Crippen LogP contribution >= 0.6 is 30.5 Å². The number of carbonyl (C=O) groups is 1. The van der Waals surface area contributed by atoms with Gasteiger partial charge in [-0.2, -0.15) is 5.10 Å². The van der Waals surface area contributed by atoms with Crippen molar-refractivity contribution in [3.8, 4) is 11.3 Å². The van der Waals surface area contributed by atoms with Crippen molar-refractivity contribution in [3.05, 3.63) is 39.9 Å². The third kappa shape index (κ3) is 3.94. The van der Waals surface area contributed by atoms with Crippen LogP contribution < -0.4 is 0 Å². The fraction of sp³-hybridized carbons (Fsp3) is 0.450. The van der Waals surface area contributed by atoms with E-state index >= 15 is 0 Å². The van der Waals surface area contributed by atoms with Gasteiger partial charge >= 0.3 is 7.60 Å². The van der Waals surface area contributed by atoms with Gasteiger partial charge in [-0.25, -0.2) is 9.50 Å². The normalized spacial score (nSPS) is 19.1. The molecule has 0 spiro atoms. The zero-order chi connectivity index (χ0) is 22.4. The molecule has 4 rings (SSSR count). The fourth-order valence-corrected chi connectivity index (χ4v) is 6.63. The van der Waals surface area contributed by atoms with E-state index in [-0.39, 0.29) is 30.3 Å². The number of amides is 1. The van der Waals surface area contributed by atoms with Gasteiger partial charge in [-0.05, 0) is 37.8 Å². The molecule has 2 N–H and O–H groups in total. The second-order valence-electron chi connectivity index (χ2n) is 7.85. The SMILES string of the molecule is CCC1(CC)CC(P(=O)(O)O)CCN1C(=O)c1nc(-c2cnn3ccccc23)c(Cl)s1. The molecule has 0 aromatic carbocycles. The summed E-state index contributed by atoms with van der Waals surface area (Å²) in [4.78, 5) is 39.2. The Labute approximate surface area is 189 Å². The number of hydrogen-bond donors (Lipinski definition) is 2. The molecule has 3 aromatic rings. The highest BCUT2D eigenvalue weighted by atomic mass is 35.5. The molecule has 1 saturated heterocycles. The molecule has 166 valence electrons. The Bertz CT molecular complexity index is 1170. The van der Waals surface area contributed by atoms with E-state index in [0.717, 1.165) is 22.4 Å². The van der Waals surface area contributed by atoms with Gasteiger partial charge in [0.15, 0.2) is 5.01 Å². The number of nitrogens with zero attached hydrogens (tertiary/aromatic N) is 4. The van der Waals surface area contributed by atoms with E-state index in [0.29, 0.717) is 22.9 Å². The number of piperidine rings is 1. The Balaban J connectivity index is 1.68. The Hall–Kier alpha value is -1.77. The highest BCUT2D eigenvalue weighted by Crippen LogP contribution is 2.51. The molecule has 1 unspecified atom stereocenters. The number of pyridine rings is 1. The molecule has 1 atom stereocenters. The summed E-state index contributed by atoms with van der Waals surface area (Å²) in [5.41, 5.74) is 0.751. The number of thiazole rings is 1. The van der Waals surface area contributed by atoms with Gasteiger partial charge in [0, 0.05) is 23.8 Å². The van der Waals surface area contributed by atoms with Gasteiger partial charge in [0.1, 0.15) is 10.0 Å². The quantitative estimate of drug-likeness (QED) is 0.520. The Kier molecular flexibility index (Phi) is 6.00. The number of halogens is 1. The van der Waals surface area contributed by atoms with Gasteiger partial charge in [-0.15, -0.1) is 0 Å². The van der Waals surface area contributed by atoms with Crippen LogP contribution in [0.25, 0.3) is 16.8 Å². The molecule has 1 aliphatic heterocycles. The van der Waals surface area contributed by atoms with Crippen LogP contribution in [0.5, 0.6) is 0 Å². The zero-order valence-electron chi connectivity index (χ0n) is 17.2. The smallest absolute Gasteiger partial charge is 0.328 e. The first-order chi connectivity index (χ1) is 14.7. The maximum Gasteiger partial charge on any atom is 0.328 e. The van der Waals surface area contributed by atoms with Crippen LogP contribution in [0.1, 0.15) is 49.3 Å². The molecule has 0 aliphatic carbocycles. The van der Waals surface area contributed by atoms with Crippen LogP contribution in [0.15, 0.2) is 30.6 Å². The first-order valence-electron chi connectivity index (χ1n) is 10.2. The number of hydrogen-bond acceptors (Lipinski definition) is 5. The standard InChI is InChI=1S/C20H24ClN4O4PS/c1-3-20(4-2)11-13(30(27,28)29)8-10-24(20)19(26)18-23-16(17(21)31-18)14-12-22-25-9-6-5-7-15(14)25/h5-7,9,12-13H,3-4,8,10-11H2,1-2H3,(H2,27,28,29). The van der Waals surface area contributed by atoms with Crippen LogP contribution in [0.2, 0.25) is 4.34 Å². The molecule has 0 radical (unpaired) electrons. The van der Waals surface area contributed by atoms with E-state index in [1.807, 2.05) is 38.2 Å². The zero-order valence-corrected chi connectivity index (χ0v) is 19.7. The van der Waals surface area contributed by atoms with Crippen LogP contribution in [-0.4, -0.2) is 52.9 Å².